The number of para-hydroxylation sites is 1. The highest BCUT2D eigenvalue weighted by Gasteiger charge is 2.28. The van der Waals surface area contributed by atoms with E-state index in [1.807, 2.05) is 73.7 Å². The Bertz CT molecular complexity index is 1200. The summed E-state index contributed by atoms with van der Waals surface area (Å²) < 4.78 is 3.90. The molecule has 156 valence electrons. The Balaban J connectivity index is 1.36. The fourth-order valence-corrected chi connectivity index (χ4v) is 4.35. The largest absolute Gasteiger partial charge is 0.310 e. The number of amides is 1. The van der Waals surface area contributed by atoms with Gasteiger partial charge in [-0.15, -0.1) is 10.2 Å². The zero-order valence-electron chi connectivity index (χ0n) is 17.1. The zero-order chi connectivity index (χ0) is 21.2. The molecule has 31 heavy (non-hydrogen) atoms. The highest BCUT2D eigenvalue weighted by molar-refractivity contribution is 7.99. The van der Waals surface area contributed by atoms with Gasteiger partial charge in [-0.25, -0.2) is 4.68 Å². The first-order valence-corrected chi connectivity index (χ1v) is 11.2. The molecular weight excluding hydrogens is 408 g/mol. The molecule has 2 aromatic heterocycles. The first-order chi connectivity index (χ1) is 15.2. The van der Waals surface area contributed by atoms with Crippen molar-refractivity contribution in [2.45, 2.75) is 31.0 Å². The molecule has 1 aliphatic carbocycles. The van der Waals surface area contributed by atoms with Crippen LogP contribution in [0.5, 0.6) is 0 Å². The monoisotopic (exact) mass is 430 g/mol. The van der Waals surface area contributed by atoms with Crippen molar-refractivity contribution in [2.75, 3.05) is 11.1 Å². The maximum absolute atomic E-state index is 12.8. The summed E-state index contributed by atoms with van der Waals surface area (Å²) in [5.41, 5.74) is 2.68. The summed E-state index contributed by atoms with van der Waals surface area (Å²) in [6, 6.07) is 22.1. The van der Waals surface area contributed by atoms with Gasteiger partial charge in [0.05, 0.1) is 17.1 Å². The highest BCUT2D eigenvalue weighted by Crippen LogP contribution is 2.38. The van der Waals surface area contributed by atoms with Crippen molar-refractivity contribution < 1.29 is 4.79 Å². The van der Waals surface area contributed by atoms with E-state index in [4.69, 9.17) is 5.10 Å². The summed E-state index contributed by atoms with van der Waals surface area (Å²) in [4.78, 5) is 12.8. The molecule has 2 aromatic carbocycles. The number of anilines is 1. The predicted octanol–water partition coefficient (Wildman–Crippen LogP) is 4.50. The Morgan fingerprint density at radius 1 is 1.06 bits per heavy atom. The molecule has 1 amide bonds. The number of nitrogens with one attached hydrogen (secondary N) is 1. The molecule has 0 radical (unpaired) electrons. The average Bonchev–Trinajstić information content (AvgIpc) is 3.44. The van der Waals surface area contributed by atoms with Gasteiger partial charge in [0.25, 0.3) is 0 Å². The van der Waals surface area contributed by atoms with E-state index in [-0.39, 0.29) is 11.7 Å². The number of hydrogen-bond acceptors (Lipinski definition) is 5. The van der Waals surface area contributed by atoms with Crippen LogP contribution in [0.1, 0.15) is 24.7 Å². The number of hydrogen-bond donors (Lipinski definition) is 1. The first kappa shape index (κ1) is 19.6. The highest BCUT2D eigenvalue weighted by atomic mass is 32.2. The van der Waals surface area contributed by atoms with Crippen LogP contribution in [-0.4, -0.2) is 36.2 Å². The van der Waals surface area contributed by atoms with Crippen molar-refractivity contribution in [1.29, 1.82) is 0 Å². The Morgan fingerprint density at radius 2 is 1.77 bits per heavy atom. The lowest BCUT2D eigenvalue weighted by Crippen LogP contribution is -2.17. The summed E-state index contributed by atoms with van der Waals surface area (Å²) in [6.07, 6.45) is 2.30. The van der Waals surface area contributed by atoms with Gasteiger partial charge in [-0.1, -0.05) is 60.3 Å². The molecule has 0 spiro atoms. The van der Waals surface area contributed by atoms with Crippen LogP contribution in [0, 0.1) is 6.92 Å². The molecule has 7 nitrogen and oxygen atoms in total. The van der Waals surface area contributed by atoms with Gasteiger partial charge in [-0.2, -0.15) is 5.10 Å². The van der Waals surface area contributed by atoms with Crippen molar-refractivity contribution >= 4 is 23.5 Å². The molecular formula is C23H22N6OS. The average molecular weight is 431 g/mol. The lowest BCUT2D eigenvalue weighted by atomic mass is 10.2. The molecule has 2 heterocycles. The number of thioether (sulfide) groups is 1. The van der Waals surface area contributed by atoms with Gasteiger partial charge in [-0.05, 0) is 31.9 Å². The van der Waals surface area contributed by atoms with Gasteiger partial charge in [0.2, 0.25) is 5.91 Å². The van der Waals surface area contributed by atoms with Crippen molar-refractivity contribution in [3.8, 4) is 16.9 Å². The van der Waals surface area contributed by atoms with Crippen molar-refractivity contribution in [1.82, 2.24) is 24.5 Å². The van der Waals surface area contributed by atoms with Crippen LogP contribution < -0.4 is 5.32 Å². The fraction of sp³-hybridized carbons (Fsp3) is 0.217. The maximum atomic E-state index is 12.8. The third-order valence-electron chi connectivity index (χ3n) is 5.13. The van der Waals surface area contributed by atoms with E-state index >= 15 is 0 Å². The van der Waals surface area contributed by atoms with Crippen LogP contribution >= 0.6 is 11.8 Å². The molecule has 1 fully saturated rings. The normalized spacial score (nSPS) is 13.3. The summed E-state index contributed by atoms with van der Waals surface area (Å²) in [5, 5.41) is 17.0. The first-order valence-electron chi connectivity index (χ1n) is 10.2. The van der Waals surface area contributed by atoms with Crippen LogP contribution in [0.3, 0.4) is 0 Å². The Hall–Kier alpha value is -3.39. The van der Waals surface area contributed by atoms with Crippen LogP contribution in [-0.2, 0) is 4.79 Å². The number of carbonyl (C=O) groups is 1. The second-order valence-electron chi connectivity index (χ2n) is 7.50. The Labute approximate surface area is 184 Å². The minimum atomic E-state index is -0.107. The number of aryl methyl sites for hydroxylation is 1. The predicted molar refractivity (Wildman–Crippen MR) is 121 cm³/mol. The molecule has 0 bridgehead atoms. The second-order valence-corrected chi connectivity index (χ2v) is 8.44. The van der Waals surface area contributed by atoms with E-state index in [1.54, 1.807) is 4.68 Å². The molecule has 1 N–H and O–H groups in total. The molecule has 4 aromatic rings. The smallest absolute Gasteiger partial charge is 0.236 e. The topological polar surface area (TPSA) is 77.6 Å². The van der Waals surface area contributed by atoms with Gasteiger partial charge in [0, 0.05) is 17.7 Å². The molecule has 8 heteroatoms. The van der Waals surface area contributed by atoms with Gasteiger partial charge < -0.3 is 9.88 Å². The molecule has 0 atom stereocenters. The SMILES string of the molecule is Cc1nnc(SCC(=O)Nc2cc(-c3ccccc3)nn2-c2ccccc2)n1C1CC1. The van der Waals surface area contributed by atoms with Crippen molar-refractivity contribution in [3.63, 3.8) is 0 Å². The fourth-order valence-electron chi connectivity index (χ4n) is 3.50. The third-order valence-corrected chi connectivity index (χ3v) is 6.07. The molecule has 0 unspecified atom stereocenters. The van der Waals surface area contributed by atoms with Crippen molar-refractivity contribution in [3.05, 3.63) is 72.6 Å². The third kappa shape index (κ3) is 4.25. The number of aromatic nitrogens is 5. The standard InChI is InChI=1S/C23H22N6OS/c1-16-25-26-23(28(16)18-12-13-18)31-15-22(30)24-21-14-20(17-8-4-2-5-9-17)27-29(21)19-10-6-3-7-11-19/h2-11,14,18H,12-13,15H2,1H3,(H,24,30). The van der Waals surface area contributed by atoms with Gasteiger partial charge in [0.15, 0.2) is 5.16 Å². The zero-order valence-corrected chi connectivity index (χ0v) is 17.9. The maximum Gasteiger partial charge on any atom is 0.236 e. The van der Waals surface area contributed by atoms with Crippen LogP contribution in [0.25, 0.3) is 16.9 Å². The lowest BCUT2D eigenvalue weighted by molar-refractivity contribution is -0.113. The summed E-state index contributed by atoms with van der Waals surface area (Å²) in [6.45, 7) is 1.96. The van der Waals surface area contributed by atoms with E-state index in [1.165, 1.54) is 11.8 Å². The number of nitrogens with zero attached hydrogens (tertiary/aromatic N) is 5. The summed E-state index contributed by atoms with van der Waals surface area (Å²) >= 11 is 1.42. The van der Waals surface area contributed by atoms with Gasteiger partial charge >= 0.3 is 0 Å². The Morgan fingerprint density at radius 3 is 2.48 bits per heavy atom. The van der Waals surface area contributed by atoms with E-state index in [0.717, 1.165) is 40.8 Å². The van der Waals surface area contributed by atoms with E-state index < -0.39 is 0 Å². The number of rotatable bonds is 7. The minimum absolute atomic E-state index is 0.107. The molecule has 1 saturated carbocycles. The van der Waals surface area contributed by atoms with Crippen LogP contribution in [0.15, 0.2) is 71.9 Å². The molecule has 5 rings (SSSR count). The summed E-state index contributed by atoms with van der Waals surface area (Å²) in [7, 11) is 0. The summed E-state index contributed by atoms with van der Waals surface area (Å²) in [5.74, 6) is 1.69. The quantitative estimate of drug-likeness (QED) is 0.437. The number of carbonyl (C=O) groups excluding carboxylic acids is 1. The van der Waals surface area contributed by atoms with E-state index in [9.17, 15) is 4.79 Å². The Kier molecular flexibility index (Phi) is 5.30. The van der Waals surface area contributed by atoms with Crippen LogP contribution in [0.4, 0.5) is 5.82 Å². The van der Waals surface area contributed by atoms with Crippen molar-refractivity contribution in [2.24, 2.45) is 0 Å². The molecule has 1 aliphatic rings. The second kappa shape index (κ2) is 8.39. The van der Waals surface area contributed by atoms with Gasteiger partial charge in [-0.3, -0.25) is 4.79 Å². The molecule has 0 saturated heterocycles. The van der Waals surface area contributed by atoms with Gasteiger partial charge in [0.1, 0.15) is 11.6 Å². The number of benzene rings is 2. The van der Waals surface area contributed by atoms with E-state index in [0.29, 0.717) is 11.9 Å². The lowest BCUT2D eigenvalue weighted by Gasteiger charge is -2.09. The van der Waals surface area contributed by atoms with Crippen LogP contribution in [0.2, 0.25) is 0 Å². The van der Waals surface area contributed by atoms with E-state index in [2.05, 4.69) is 20.1 Å². The molecule has 0 aliphatic heterocycles. The minimum Gasteiger partial charge on any atom is -0.310 e.